The molecule has 9 nitrogen and oxygen atoms in total. The van der Waals surface area contributed by atoms with Crippen molar-refractivity contribution in [3.05, 3.63) is 121 Å². The molecule has 53 heavy (non-hydrogen) atoms. The fourth-order valence-corrected chi connectivity index (χ4v) is 51.7. The number of benzene rings is 4. The molecule has 0 radical (unpaired) electrons. The van der Waals surface area contributed by atoms with Gasteiger partial charge in [0.2, 0.25) is 0 Å². The Morgan fingerprint density at radius 1 is 0.434 bits per heavy atom. The Labute approximate surface area is 323 Å². The topological polar surface area (TPSA) is 83.1 Å². The van der Waals surface area contributed by atoms with Gasteiger partial charge < -0.3 is 37.0 Å². The average molecular weight is 853 g/mol. The van der Waals surface area contributed by atoms with Crippen LogP contribution >= 0.6 is 0 Å². The average Bonchev–Trinajstić information content (AvgIpc) is 3.10. The Balaban J connectivity index is 1.51. The normalized spacial score (nSPS) is 33.1. The van der Waals surface area contributed by atoms with E-state index in [0.29, 0.717) is 6.04 Å². The molecule has 7 rings (SSSR count). The Bertz CT molecular complexity index is 1750. The summed E-state index contributed by atoms with van der Waals surface area (Å²) in [5.74, 6) is 0. The van der Waals surface area contributed by atoms with Crippen molar-refractivity contribution >= 4 is 89.7 Å². The zero-order valence-electron chi connectivity index (χ0n) is 32.0. The van der Waals surface area contributed by atoms with Crippen molar-refractivity contribution in [2.75, 3.05) is 0 Å². The minimum atomic E-state index is -4.02. The zero-order valence-corrected chi connectivity index (χ0v) is 40.0. The first-order chi connectivity index (χ1) is 25.1. The van der Waals surface area contributed by atoms with Crippen molar-refractivity contribution < 1.29 is 37.0 Å². The van der Waals surface area contributed by atoms with Gasteiger partial charge in [-0.25, -0.2) is 0 Å². The molecule has 0 amide bonds. The maximum atomic E-state index is 7.80. The van der Waals surface area contributed by atoms with Crippen molar-refractivity contribution in [1.29, 1.82) is 0 Å². The van der Waals surface area contributed by atoms with Crippen LogP contribution in [0, 0.1) is 0 Å². The van der Waals surface area contributed by atoms with Gasteiger partial charge in [0.05, 0.1) is 0 Å². The lowest BCUT2D eigenvalue weighted by Gasteiger charge is -2.59. The highest BCUT2D eigenvalue weighted by Crippen LogP contribution is 2.45. The van der Waals surface area contributed by atoms with Gasteiger partial charge in [0.25, 0.3) is 0 Å². The predicted molar refractivity (Wildman–Crippen MR) is 226 cm³/mol. The molecule has 4 aromatic rings. The molecule has 0 aromatic heterocycles. The second kappa shape index (κ2) is 14.6. The summed E-state index contributed by atoms with van der Waals surface area (Å²) in [5.41, 5.74) is 0. The van der Waals surface area contributed by atoms with Crippen molar-refractivity contribution in [1.82, 2.24) is 0 Å². The molecule has 0 saturated carbocycles. The molecular formula is C36H52O9Si8. The van der Waals surface area contributed by atoms with Gasteiger partial charge in [0, 0.05) is 20.7 Å². The lowest BCUT2D eigenvalue weighted by Crippen LogP contribution is -2.90. The number of hydrogen-bond acceptors (Lipinski definition) is 9. The van der Waals surface area contributed by atoms with Crippen LogP contribution in [0.5, 0.6) is 0 Å². The minimum absolute atomic E-state index is 0.681. The van der Waals surface area contributed by atoms with Crippen LogP contribution in [0.15, 0.2) is 121 Å². The third kappa shape index (κ3) is 8.23. The van der Waals surface area contributed by atoms with Gasteiger partial charge in [-0.3, -0.25) is 0 Å². The van der Waals surface area contributed by atoms with E-state index in [4.69, 9.17) is 37.0 Å². The lowest BCUT2D eigenvalue weighted by molar-refractivity contribution is 0.0485. The highest BCUT2D eigenvalue weighted by molar-refractivity contribution is 7.09. The van der Waals surface area contributed by atoms with Gasteiger partial charge in [0.15, 0.2) is 16.6 Å². The van der Waals surface area contributed by atoms with E-state index in [9.17, 15) is 0 Å². The summed E-state index contributed by atoms with van der Waals surface area (Å²) in [6.07, 6.45) is 0.859. The SMILES string of the molecule is CCC[Si]1(C)O[Si]2(c3ccccc3)O[Si](c3ccccc3)(O1)O[Si]1(c3ccccc3)O[Si](C)(CC[Si](C)(C)O[Si](C)(C)C)O[Si](c3ccccc3)(O2)O1. The van der Waals surface area contributed by atoms with Gasteiger partial charge in [0.1, 0.15) is 0 Å². The summed E-state index contributed by atoms with van der Waals surface area (Å²) in [4.78, 5) is 0. The van der Waals surface area contributed by atoms with Crippen LogP contribution in [0.4, 0.5) is 0 Å². The fraction of sp³-hybridized carbons (Fsp3) is 0.333. The summed E-state index contributed by atoms with van der Waals surface area (Å²) < 4.78 is 67.4. The summed E-state index contributed by atoms with van der Waals surface area (Å²) in [5, 5.41) is 3.29. The van der Waals surface area contributed by atoms with E-state index in [0.717, 1.165) is 39.3 Å². The highest BCUT2D eigenvalue weighted by atomic mass is 28.6. The second-order valence-electron chi connectivity index (χ2n) is 16.0. The Kier molecular flexibility index (Phi) is 10.9. The molecule has 0 N–H and O–H groups in total. The van der Waals surface area contributed by atoms with Gasteiger partial charge in [-0.05, 0) is 64.0 Å². The number of rotatable bonds is 11. The summed E-state index contributed by atoms with van der Waals surface area (Å²) in [6.45, 7) is 17.8. The summed E-state index contributed by atoms with van der Waals surface area (Å²) in [6, 6.07) is 42.6. The van der Waals surface area contributed by atoms with Gasteiger partial charge in [-0.1, -0.05) is 135 Å². The van der Waals surface area contributed by atoms with Gasteiger partial charge >= 0.3 is 52.3 Å². The third-order valence-electron chi connectivity index (χ3n) is 9.45. The Morgan fingerprint density at radius 3 is 0.981 bits per heavy atom. The van der Waals surface area contributed by atoms with Crippen LogP contribution in [0.3, 0.4) is 0 Å². The van der Waals surface area contributed by atoms with E-state index in [1.54, 1.807) is 0 Å². The van der Waals surface area contributed by atoms with Crippen LogP contribution in [0.1, 0.15) is 13.3 Å². The predicted octanol–water partition coefficient (Wildman–Crippen LogP) is 6.16. The number of hydrogen-bond donors (Lipinski definition) is 0. The second-order valence-corrected chi connectivity index (χ2v) is 43.9. The molecule has 3 saturated heterocycles. The van der Waals surface area contributed by atoms with Crippen molar-refractivity contribution in [3.8, 4) is 0 Å². The highest BCUT2D eigenvalue weighted by Gasteiger charge is 2.78. The third-order valence-corrected chi connectivity index (χ3v) is 42.6. The monoisotopic (exact) mass is 852 g/mol. The van der Waals surface area contributed by atoms with Crippen molar-refractivity contribution in [2.24, 2.45) is 0 Å². The van der Waals surface area contributed by atoms with Crippen LogP contribution in [-0.4, -0.2) is 69.0 Å². The van der Waals surface area contributed by atoms with Crippen molar-refractivity contribution in [2.45, 2.75) is 77.3 Å². The smallest absolute Gasteiger partial charge is 0.456 e. The van der Waals surface area contributed by atoms with E-state index < -0.39 is 69.0 Å². The molecule has 3 aliphatic rings. The summed E-state index contributed by atoms with van der Waals surface area (Å²) in [7, 11) is -26.3. The molecule has 282 valence electrons. The summed E-state index contributed by atoms with van der Waals surface area (Å²) >= 11 is 0. The molecule has 0 aliphatic carbocycles. The molecular weight excluding hydrogens is 801 g/mol. The maximum absolute atomic E-state index is 7.80. The van der Waals surface area contributed by atoms with Crippen LogP contribution < -0.4 is 20.7 Å². The van der Waals surface area contributed by atoms with Crippen LogP contribution in [0.2, 0.25) is 64.0 Å². The molecule has 4 atom stereocenters. The molecule has 0 spiro atoms. The minimum Gasteiger partial charge on any atom is -0.456 e. The Hall–Kier alpha value is -1.74. The van der Waals surface area contributed by atoms with E-state index in [1.165, 1.54) is 0 Å². The first-order valence-corrected chi connectivity index (χ1v) is 37.1. The molecule has 3 fully saturated rings. The van der Waals surface area contributed by atoms with E-state index in [1.807, 2.05) is 121 Å². The standard InChI is InChI=1S/C36H52O9Si8/c1-9-30-48(7)38-50(33-22-14-10-15-23-33)42-51(39-48,34-24-16-11-17-25-34)44-53(36-28-20-13-21-29-36)41-49(8,32-31-47(5,6)37-46(2,3)4)40-52(43-50,45-53)35-26-18-12-19-27-35/h10-29H,9,30-32H2,1-8H3. The first-order valence-electron chi connectivity index (χ1n) is 18.6. The Morgan fingerprint density at radius 2 is 0.717 bits per heavy atom. The van der Waals surface area contributed by atoms with E-state index >= 15 is 0 Å². The van der Waals surface area contributed by atoms with E-state index in [-0.39, 0.29) is 0 Å². The maximum Gasteiger partial charge on any atom is 0.514 e. The van der Waals surface area contributed by atoms with Crippen LogP contribution in [0.25, 0.3) is 0 Å². The lowest BCUT2D eigenvalue weighted by atomic mass is 10.4. The fourth-order valence-electron chi connectivity index (χ4n) is 7.48. The van der Waals surface area contributed by atoms with Gasteiger partial charge in [-0.15, -0.1) is 0 Å². The van der Waals surface area contributed by atoms with E-state index in [2.05, 4.69) is 52.8 Å². The first kappa shape index (κ1) is 39.5. The van der Waals surface area contributed by atoms with Gasteiger partial charge in [-0.2, -0.15) is 0 Å². The molecule has 3 aliphatic heterocycles. The molecule has 4 aromatic carbocycles. The molecule has 17 heteroatoms. The molecule has 4 bridgehead atoms. The molecule has 3 heterocycles. The zero-order chi connectivity index (χ0) is 37.6. The van der Waals surface area contributed by atoms with Crippen molar-refractivity contribution in [3.63, 3.8) is 0 Å². The van der Waals surface area contributed by atoms with Crippen LogP contribution in [-0.2, 0) is 37.0 Å². The largest absolute Gasteiger partial charge is 0.514 e. The quantitative estimate of drug-likeness (QED) is 0.165. The molecule has 4 unspecified atom stereocenters. The number of fused-ring (bicyclic) bond motifs is 4.